The molecule has 0 amide bonds. The van der Waals surface area contributed by atoms with Gasteiger partial charge in [-0.05, 0) is 6.42 Å². The minimum atomic E-state index is -0.774. The van der Waals surface area contributed by atoms with E-state index < -0.39 is 5.97 Å². The van der Waals surface area contributed by atoms with Crippen LogP contribution in [0.3, 0.4) is 0 Å². The fourth-order valence-corrected chi connectivity index (χ4v) is 0.779. The van der Waals surface area contributed by atoms with E-state index in [9.17, 15) is 4.79 Å². The van der Waals surface area contributed by atoms with Crippen molar-refractivity contribution >= 4 is 5.97 Å². The first-order valence-corrected chi connectivity index (χ1v) is 3.38. The predicted molar refractivity (Wildman–Crippen MR) is 37.1 cm³/mol. The van der Waals surface area contributed by atoms with Crippen LogP contribution in [0.1, 0.15) is 18.6 Å². The number of carbonyl (C=O) groups is 1. The van der Waals surface area contributed by atoms with Gasteiger partial charge in [0.05, 0.1) is 6.20 Å². The second-order valence-electron chi connectivity index (χ2n) is 2.22. The molecule has 1 heterocycles. The maximum absolute atomic E-state index is 10.1. The summed E-state index contributed by atoms with van der Waals surface area (Å²) >= 11 is 0. The minimum Gasteiger partial charge on any atom is -0.481 e. The number of aliphatic carboxylic acids is 1. The van der Waals surface area contributed by atoms with Crippen molar-refractivity contribution in [3.8, 4) is 0 Å². The van der Waals surface area contributed by atoms with Crippen molar-refractivity contribution < 1.29 is 14.3 Å². The van der Waals surface area contributed by atoms with Gasteiger partial charge < -0.3 is 9.52 Å². The molecule has 0 bridgehead atoms. The maximum atomic E-state index is 10.1. The summed E-state index contributed by atoms with van der Waals surface area (Å²) in [5.41, 5.74) is 0. The number of aromatic nitrogens is 1. The Hall–Kier alpha value is -1.32. The highest BCUT2D eigenvalue weighted by Gasteiger charge is 1.99. The Balaban J connectivity index is 2.19. The van der Waals surface area contributed by atoms with Gasteiger partial charge in [0.25, 0.3) is 0 Å². The van der Waals surface area contributed by atoms with Crippen molar-refractivity contribution in [3.63, 3.8) is 0 Å². The summed E-state index contributed by atoms with van der Waals surface area (Å²) in [7, 11) is 0. The van der Waals surface area contributed by atoms with Gasteiger partial charge >= 0.3 is 5.97 Å². The van der Waals surface area contributed by atoms with Gasteiger partial charge in [-0.3, -0.25) is 4.79 Å². The first-order chi connectivity index (χ1) is 5.29. The Morgan fingerprint density at radius 1 is 1.73 bits per heavy atom. The Bertz CT molecular complexity index is 218. The molecule has 0 spiro atoms. The zero-order valence-electron chi connectivity index (χ0n) is 5.99. The number of oxazole rings is 1. The average molecular weight is 155 g/mol. The molecule has 0 atom stereocenters. The van der Waals surface area contributed by atoms with Gasteiger partial charge in [-0.25, -0.2) is 4.98 Å². The molecule has 1 aromatic rings. The van der Waals surface area contributed by atoms with Crippen molar-refractivity contribution in [2.75, 3.05) is 0 Å². The number of hydrogen-bond donors (Lipinski definition) is 1. The van der Waals surface area contributed by atoms with Crippen LogP contribution in [0.2, 0.25) is 0 Å². The van der Waals surface area contributed by atoms with Crippen molar-refractivity contribution in [1.82, 2.24) is 4.98 Å². The van der Waals surface area contributed by atoms with Crippen molar-refractivity contribution in [1.29, 1.82) is 0 Å². The predicted octanol–water partition coefficient (Wildman–Crippen LogP) is 1.08. The SMILES string of the molecule is O=C(O)CCCc1cnco1. The molecule has 4 nitrogen and oxygen atoms in total. The van der Waals surface area contributed by atoms with Crippen LogP contribution < -0.4 is 0 Å². The molecular weight excluding hydrogens is 146 g/mol. The van der Waals surface area contributed by atoms with E-state index in [4.69, 9.17) is 9.52 Å². The van der Waals surface area contributed by atoms with Gasteiger partial charge in [-0.1, -0.05) is 0 Å². The summed E-state index contributed by atoms with van der Waals surface area (Å²) < 4.78 is 4.91. The van der Waals surface area contributed by atoms with Crippen LogP contribution in [0.4, 0.5) is 0 Å². The lowest BCUT2D eigenvalue weighted by atomic mass is 10.2. The molecule has 0 aliphatic rings. The van der Waals surface area contributed by atoms with E-state index in [1.165, 1.54) is 6.39 Å². The third-order valence-corrected chi connectivity index (χ3v) is 1.30. The van der Waals surface area contributed by atoms with E-state index in [1.807, 2.05) is 0 Å². The molecule has 1 rings (SSSR count). The third kappa shape index (κ3) is 2.84. The monoisotopic (exact) mass is 155 g/mol. The second kappa shape index (κ2) is 3.75. The first-order valence-electron chi connectivity index (χ1n) is 3.38. The fraction of sp³-hybridized carbons (Fsp3) is 0.429. The van der Waals surface area contributed by atoms with Crippen LogP contribution >= 0.6 is 0 Å². The molecule has 0 aliphatic carbocycles. The molecule has 4 heteroatoms. The summed E-state index contributed by atoms with van der Waals surface area (Å²) in [5.74, 6) is -0.0317. The zero-order valence-corrected chi connectivity index (χ0v) is 5.99. The van der Waals surface area contributed by atoms with Crippen molar-refractivity contribution in [3.05, 3.63) is 18.4 Å². The molecule has 0 aliphatic heterocycles. The molecule has 0 saturated carbocycles. The number of nitrogens with zero attached hydrogens (tertiary/aromatic N) is 1. The lowest BCUT2D eigenvalue weighted by Crippen LogP contribution is -1.94. The Morgan fingerprint density at radius 2 is 2.55 bits per heavy atom. The second-order valence-corrected chi connectivity index (χ2v) is 2.22. The van der Waals surface area contributed by atoms with Crippen molar-refractivity contribution in [2.45, 2.75) is 19.3 Å². The van der Waals surface area contributed by atoms with Crippen molar-refractivity contribution in [2.24, 2.45) is 0 Å². The number of hydrogen-bond acceptors (Lipinski definition) is 3. The lowest BCUT2D eigenvalue weighted by Gasteiger charge is -1.91. The van der Waals surface area contributed by atoms with Gasteiger partial charge in [-0.2, -0.15) is 0 Å². The highest BCUT2D eigenvalue weighted by atomic mass is 16.4. The quantitative estimate of drug-likeness (QED) is 0.706. The van der Waals surface area contributed by atoms with E-state index in [-0.39, 0.29) is 6.42 Å². The number of carboxylic acids is 1. The van der Waals surface area contributed by atoms with E-state index in [0.29, 0.717) is 12.8 Å². The first kappa shape index (κ1) is 7.78. The highest BCUT2D eigenvalue weighted by molar-refractivity contribution is 5.66. The van der Waals surface area contributed by atoms with Gasteiger partial charge in [0.1, 0.15) is 5.76 Å². The summed E-state index contributed by atoms with van der Waals surface area (Å²) in [6.07, 6.45) is 4.37. The minimum absolute atomic E-state index is 0.181. The largest absolute Gasteiger partial charge is 0.481 e. The van der Waals surface area contributed by atoms with Gasteiger partial charge in [0.15, 0.2) is 6.39 Å². The summed E-state index contributed by atoms with van der Waals surface area (Å²) in [5, 5.41) is 8.30. The molecule has 0 radical (unpaired) electrons. The Morgan fingerprint density at radius 3 is 3.09 bits per heavy atom. The standard InChI is InChI=1S/C7H9NO3/c9-7(10)3-1-2-6-4-8-5-11-6/h4-5H,1-3H2,(H,9,10). The summed E-state index contributed by atoms with van der Waals surface area (Å²) in [6.45, 7) is 0. The molecule has 0 aromatic carbocycles. The molecule has 0 saturated heterocycles. The topological polar surface area (TPSA) is 63.3 Å². The fourth-order valence-electron chi connectivity index (χ4n) is 0.779. The van der Waals surface area contributed by atoms with Crippen LogP contribution in [0.15, 0.2) is 17.0 Å². The van der Waals surface area contributed by atoms with E-state index in [0.717, 1.165) is 5.76 Å². The van der Waals surface area contributed by atoms with Gasteiger partial charge in [0.2, 0.25) is 0 Å². The number of rotatable bonds is 4. The highest BCUT2D eigenvalue weighted by Crippen LogP contribution is 2.02. The Kier molecular flexibility index (Phi) is 2.66. The van der Waals surface area contributed by atoms with Crippen LogP contribution in [0.25, 0.3) is 0 Å². The molecule has 0 unspecified atom stereocenters. The smallest absolute Gasteiger partial charge is 0.303 e. The lowest BCUT2D eigenvalue weighted by molar-refractivity contribution is -0.137. The molecule has 1 aromatic heterocycles. The zero-order chi connectivity index (χ0) is 8.10. The van der Waals surface area contributed by atoms with Crippen LogP contribution in [0.5, 0.6) is 0 Å². The van der Waals surface area contributed by atoms with E-state index in [2.05, 4.69) is 4.98 Å². The molecule has 11 heavy (non-hydrogen) atoms. The summed E-state index contributed by atoms with van der Waals surface area (Å²) in [4.78, 5) is 13.8. The van der Waals surface area contributed by atoms with Gasteiger partial charge in [0, 0.05) is 12.8 Å². The van der Waals surface area contributed by atoms with E-state index in [1.54, 1.807) is 6.20 Å². The molecule has 60 valence electrons. The molecule has 1 N–H and O–H groups in total. The number of carboxylic acid groups (broad SMARTS) is 1. The number of aryl methyl sites for hydroxylation is 1. The van der Waals surface area contributed by atoms with Crippen LogP contribution in [0, 0.1) is 0 Å². The van der Waals surface area contributed by atoms with Crippen LogP contribution in [-0.4, -0.2) is 16.1 Å². The Labute approximate surface area is 63.9 Å². The van der Waals surface area contributed by atoms with E-state index >= 15 is 0 Å². The summed E-state index contributed by atoms with van der Waals surface area (Å²) in [6, 6.07) is 0. The average Bonchev–Trinajstić information content (AvgIpc) is 2.39. The normalized spacial score (nSPS) is 9.82. The molecule has 0 fully saturated rings. The van der Waals surface area contributed by atoms with Crippen LogP contribution in [-0.2, 0) is 11.2 Å². The molecular formula is C7H9NO3. The maximum Gasteiger partial charge on any atom is 0.303 e. The third-order valence-electron chi connectivity index (χ3n) is 1.30. The van der Waals surface area contributed by atoms with Gasteiger partial charge in [-0.15, -0.1) is 0 Å².